The van der Waals surface area contributed by atoms with Crippen LogP contribution in [0.3, 0.4) is 0 Å². The number of fused-ring (bicyclic) bond motifs is 2. The molecule has 12 heteroatoms. The standard InChI is InChI=1S/C32H45NO2S2.C28H40O5S2/c1-32(26-15-17-27(34-2)18-16-26)25-37-31-24-28(35-3)19-20-29(31)30(32)14-10-7-5-4-6-8-12-22-36-23-13-9-11-21-33;1-28(22-13-15-23(31-2)16-14-22)21-34-27-20-24(32-3)17-18-25(27)26(28)12-10-8-6-5-7-9-11-19-33-35(4,29)30/h15-20,24,30H,4-14,22-23,25H2,1-3H3;13-18,20,26H,5-12,19,21H2,1-4H3. The Kier molecular flexibility index (Phi) is 25.9. The van der Waals surface area contributed by atoms with Gasteiger partial charge in [-0.3, -0.25) is 4.18 Å². The van der Waals surface area contributed by atoms with Crippen LogP contribution in [0.1, 0.15) is 170 Å². The molecule has 8 nitrogen and oxygen atoms in total. The van der Waals surface area contributed by atoms with E-state index in [4.69, 9.17) is 28.4 Å². The molecule has 2 heterocycles. The van der Waals surface area contributed by atoms with E-state index in [1.165, 1.54) is 127 Å². The summed E-state index contributed by atoms with van der Waals surface area (Å²) in [6.45, 7) is 5.17. The lowest BCUT2D eigenvalue weighted by Gasteiger charge is -2.43. The Bertz CT molecular complexity index is 2340. The van der Waals surface area contributed by atoms with E-state index in [1.807, 2.05) is 23.5 Å². The Morgan fingerprint density at radius 3 is 1.32 bits per heavy atom. The van der Waals surface area contributed by atoms with Crippen LogP contribution in [0.5, 0.6) is 23.0 Å². The largest absolute Gasteiger partial charge is 0.497 e. The Morgan fingerprint density at radius 2 is 0.917 bits per heavy atom. The first-order chi connectivity index (χ1) is 34.9. The molecular formula is C60H85NO7S4. The molecule has 0 saturated carbocycles. The van der Waals surface area contributed by atoms with Crippen molar-refractivity contribution >= 4 is 45.4 Å². The zero-order valence-corrected chi connectivity index (χ0v) is 47.9. The lowest BCUT2D eigenvalue weighted by atomic mass is 9.68. The van der Waals surface area contributed by atoms with Crippen LogP contribution in [0.2, 0.25) is 0 Å². The number of nitriles is 1. The molecule has 2 aliphatic heterocycles. The highest BCUT2D eigenvalue weighted by molar-refractivity contribution is 7.99. The van der Waals surface area contributed by atoms with Gasteiger partial charge in [-0.15, -0.1) is 23.5 Å². The second-order valence-corrected chi connectivity index (χ2v) is 25.0. The van der Waals surface area contributed by atoms with Crippen molar-refractivity contribution in [3.63, 3.8) is 0 Å². The van der Waals surface area contributed by atoms with Crippen molar-refractivity contribution in [2.75, 3.05) is 64.3 Å². The van der Waals surface area contributed by atoms with Crippen molar-refractivity contribution in [2.24, 2.45) is 0 Å². The number of unbranched alkanes of at least 4 members (excludes halogenated alkanes) is 14. The van der Waals surface area contributed by atoms with Crippen LogP contribution < -0.4 is 18.9 Å². The first kappa shape index (κ1) is 59.4. The fourth-order valence-corrected chi connectivity index (χ4v) is 14.6. The summed E-state index contributed by atoms with van der Waals surface area (Å²) in [6, 6.07) is 32.8. The second kappa shape index (κ2) is 31.4. The van der Waals surface area contributed by atoms with Gasteiger partial charge in [0.05, 0.1) is 47.4 Å². The van der Waals surface area contributed by atoms with E-state index in [0.29, 0.717) is 24.9 Å². The molecule has 2 aliphatic rings. The number of ether oxygens (including phenoxy) is 4. The maximum atomic E-state index is 11.0. The van der Waals surface area contributed by atoms with E-state index in [0.717, 1.165) is 72.9 Å². The van der Waals surface area contributed by atoms with Crippen molar-refractivity contribution in [3.8, 4) is 29.1 Å². The molecule has 0 radical (unpaired) electrons. The summed E-state index contributed by atoms with van der Waals surface area (Å²) in [5.41, 5.74) is 5.86. The minimum Gasteiger partial charge on any atom is -0.497 e. The van der Waals surface area contributed by atoms with Gasteiger partial charge in [0.15, 0.2) is 0 Å². The minimum atomic E-state index is -3.31. The third kappa shape index (κ3) is 18.4. The van der Waals surface area contributed by atoms with Crippen LogP contribution in [0, 0.1) is 11.3 Å². The van der Waals surface area contributed by atoms with Crippen LogP contribution in [-0.4, -0.2) is 72.7 Å². The molecular weight excluding hydrogens is 975 g/mol. The molecule has 72 heavy (non-hydrogen) atoms. The average Bonchev–Trinajstić information content (AvgIpc) is 3.39. The van der Waals surface area contributed by atoms with Crippen LogP contribution in [-0.2, 0) is 25.1 Å². The number of benzene rings is 4. The summed E-state index contributed by atoms with van der Waals surface area (Å²) in [5.74, 6) is 9.27. The molecule has 4 aromatic carbocycles. The molecule has 0 fully saturated rings. The van der Waals surface area contributed by atoms with Crippen molar-refractivity contribution in [2.45, 2.75) is 168 Å². The molecule has 4 atom stereocenters. The molecule has 4 unspecified atom stereocenters. The summed E-state index contributed by atoms with van der Waals surface area (Å²) < 4.78 is 48.7. The number of methoxy groups -OCH3 is 4. The Balaban J connectivity index is 0.000000268. The number of rotatable bonds is 31. The Hall–Kier alpha value is -3.47. The molecule has 0 saturated heterocycles. The predicted octanol–water partition coefficient (Wildman–Crippen LogP) is 16.3. The van der Waals surface area contributed by atoms with Gasteiger partial charge in [0.1, 0.15) is 23.0 Å². The Labute approximate surface area is 448 Å². The van der Waals surface area contributed by atoms with Gasteiger partial charge in [0.25, 0.3) is 10.1 Å². The maximum Gasteiger partial charge on any atom is 0.264 e. The van der Waals surface area contributed by atoms with Gasteiger partial charge in [0.2, 0.25) is 0 Å². The molecule has 396 valence electrons. The lowest BCUT2D eigenvalue weighted by molar-refractivity contribution is 0.309. The number of hydrogen-bond acceptors (Lipinski definition) is 11. The van der Waals surface area contributed by atoms with Crippen LogP contribution in [0.4, 0.5) is 0 Å². The van der Waals surface area contributed by atoms with Crippen LogP contribution in [0.15, 0.2) is 94.7 Å². The predicted molar refractivity (Wildman–Crippen MR) is 305 cm³/mol. The van der Waals surface area contributed by atoms with E-state index in [-0.39, 0.29) is 10.8 Å². The molecule has 0 aromatic heterocycles. The van der Waals surface area contributed by atoms with Gasteiger partial charge in [-0.05, 0) is 133 Å². The van der Waals surface area contributed by atoms with Crippen LogP contribution in [0.25, 0.3) is 0 Å². The number of nitrogens with zero attached hydrogens (tertiary/aromatic N) is 1. The molecule has 6 rings (SSSR count). The van der Waals surface area contributed by atoms with Crippen molar-refractivity contribution in [1.82, 2.24) is 0 Å². The highest BCUT2D eigenvalue weighted by Gasteiger charge is 2.42. The molecule has 0 spiro atoms. The van der Waals surface area contributed by atoms with Crippen LogP contribution >= 0.6 is 35.3 Å². The van der Waals surface area contributed by atoms with Crippen molar-refractivity contribution in [1.29, 1.82) is 5.26 Å². The molecule has 0 amide bonds. The van der Waals surface area contributed by atoms with Gasteiger partial charge in [-0.25, -0.2) is 0 Å². The molecule has 0 bridgehead atoms. The first-order valence-electron chi connectivity index (χ1n) is 26.6. The monoisotopic (exact) mass is 1060 g/mol. The van der Waals surface area contributed by atoms with Crippen molar-refractivity contribution in [3.05, 3.63) is 107 Å². The zero-order valence-electron chi connectivity index (χ0n) is 44.6. The first-order valence-corrected chi connectivity index (χ1v) is 31.5. The third-order valence-electron chi connectivity index (χ3n) is 14.8. The quantitative estimate of drug-likeness (QED) is 0.0355. The summed E-state index contributed by atoms with van der Waals surface area (Å²) in [7, 11) is 3.62. The summed E-state index contributed by atoms with van der Waals surface area (Å²) in [4.78, 5) is 2.73. The normalized spacial score (nSPS) is 19.2. The fraction of sp³-hybridized carbons (Fsp3) is 0.583. The van der Waals surface area contributed by atoms with E-state index in [1.54, 1.807) is 28.4 Å². The van der Waals surface area contributed by atoms with E-state index >= 15 is 0 Å². The Morgan fingerprint density at radius 1 is 0.542 bits per heavy atom. The van der Waals surface area contributed by atoms with E-state index in [9.17, 15) is 8.42 Å². The van der Waals surface area contributed by atoms with Crippen molar-refractivity contribution < 1.29 is 31.5 Å². The summed E-state index contributed by atoms with van der Waals surface area (Å²) in [5, 5.41) is 8.59. The lowest BCUT2D eigenvalue weighted by Crippen LogP contribution is -2.36. The van der Waals surface area contributed by atoms with E-state index in [2.05, 4.69) is 117 Å². The minimum absolute atomic E-state index is 0.0537. The summed E-state index contributed by atoms with van der Waals surface area (Å²) >= 11 is 5.97. The van der Waals surface area contributed by atoms with Gasteiger partial charge in [0, 0.05) is 38.5 Å². The van der Waals surface area contributed by atoms with Gasteiger partial charge < -0.3 is 18.9 Å². The maximum absolute atomic E-state index is 11.0. The number of hydrogen-bond donors (Lipinski definition) is 0. The molecule has 0 N–H and O–H groups in total. The zero-order chi connectivity index (χ0) is 51.7. The third-order valence-corrected chi connectivity index (χ3v) is 19.4. The van der Waals surface area contributed by atoms with E-state index < -0.39 is 10.1 Å². The smallest absolute Gasteiger partial charge is 0.264 e. The van der Waals surface area contributed by atoms with Gasteiger partial charge >= 0.3 is 0 Å². The molecule has 0 aliphatic carbocycles. The highest BCUT2D eigenvalue weighted by atomic mass is 32.2. The topological polar surface area (TPSA) is 104 Å². The average molecular weight is 1060 g/mol. The van der Waals surface area contributed by atoms with Gasteiger partial charge in [-0.1, -0.05) is 127 Å². The second-order valence-electron chi connectivity index (χ2n) is 20.1. The highest BCUT2D eigenvalue weighted by Crippen LogP contribution is 2.54. The van der Waals surface area contributed by atoms with Gasteiger partial charge in [-0.2, -0.15) is 25.4 Å². The SMILES string of the molecule is COc1ccc(C2(C)CSc3cc(OC)ccc3C2CCCCCCCCCOS(C)(=O)=O)cc1.COc1ccc(C2(C)CSc3cc(OC)ccc3C2CCCCCCCCCSCCCCC#N)cc1. The summed E-state index contributed by atoms with van der Waals surface area (Å²) in [6.07, 6.45) is 23.6. The fourth-order valence-electron chi connectivity index (χ4n) is 10.4. The molecule has 4 aromatic rings. The number of thioether (sulfide) groups is 3.